The van der Waals surface area contributed by atoms with Crippen LogP contribution in [0.15, 0.2) is 0 Å². The molecule has 1 aliphatic heterocycles. The summed E-state index contributed by atoms with van der Waals surface area (Å²) in [4.78, 5) is 14.3. The zero-order valence-corrected chi connectivity index (χ0v) is 11.9. The van der Waals surface area contributed by atoms with Crippen molar-refractivity contribution in [2.75, 3.05) is 46.4 Å². The van der Waals surface area contributed by atoms with Crippen LogP contribution in [0.5, 0.6) is 0 Å². The highest BCUT2D eigenvalue weighted by Crippen LogP contribution is 2.07. The molecule has 0 aliphatic carbocycles. The molecule has 106 valence electrons. The summed E-state index contributed by atoms with van der Waals surface area (Å²) in [5.41, 5.74) is 0. The minimum atomic E-state index is -0.0836. The van der Waals surface area contributed by atoms with Gasteiger partial charge in [0.15, 0.2) is 0 Å². The normalized spacial score (nSPS) is 20.4. The number of likely N-dealkylation sites (N-methyl/N-ethyl adjacent to an activating group) is 1. The highest BCUT2D eigenvalue weighted by atomic mass is 16.5. The van der Waals surface area contributed by atoms with E-state index in [1.807, 2.05) is 7.05 Å². The monoisotopic (exact) mass is 257 g/mol. The molecule has 1 heterocycles. The first-order valence-electron chi connectivity index (χ1n) is 6.94. The Kier molecular flexibility index (Phi) is 7.23. The number of nitrogens with one attached hydrogen (secondary N) is 2. The summed E-state index contributed by atoms with van der Waals surface area (Å²) in [6.07, 6.45) is 1.00. The van der Waals surface area contributed by atoms with Crippen molar-refractivity contribution in [3.63, 3.8) is 0 Å². The first-order valence-corrected chi connectivity index (χ1v) is 6.94. The number of amides is 1. The first kappa shape index (κ1) is 15.4. The van der Waals surface area contributed by atoms with Gasteiger partial charge < -0.3 is 15.4 Å². The zero-order chi connectivity index (χ0) is 13.4. The van der Waals surface area contributed by atoms with E-state index in [1.165, 1.54) is 0 Å². The second kappa shape index (κ2) is 8.45. The summed E-state index contributed by atoms with van der Waals surface area (Å²) in [6.45, 7) is 9.38. The number of morpholine rings is 1. The van der Waals surface area contributed by atoms with Crippen LogP contribution >= 0.6 is 0 Å². The van der Waals surface area contributed by atoms with Crippen LogP contribution in [0.3, 0.4) is 0 Å². The van der Waals surface area contributed by atoms with E-state index in [-0.39, 0.29) is 11.9 Å². The molecule has 0 aromatic carbocycles. The van der Waals surface area contributed by atoms with Gasteiger partial charge in [0.2, 0.25) is 5.91 Å². The Morgan fingerprint density at radius 1 is 1.39 bits per heavy atom. The molecule has 1 saturated heterocycles. The molecule has 5 nitrogen and oxygen atoms in total. The fourth-order valence-corrected chi connectivity index (χ4v) is 2.18. The van der Waals surface area contributed by atoms with Crippen molar-refractivity contribution in [3.8, 4) is 0 Å². The fourth-order valence-electron chi connectivity index (χ4n) is 2.18. The number of carbonyl (C=O) groups is 1. The summed E-state index contributed by atoms with van der Waals surface area (Å²) >= 11 is 0. The van der Waals surface area contributed by atoms with Crippen LogP contribution in [0, 0.1) is 5.92 Å². The van der Waals surface area contributed by atoms with Crippen molar-refractivity contribution in [2.45, 2.75) is 26.3 Å². The van der Waals surface area contributed by atoms with E-state index in [4.69, 9.17) is 4.74 Å². The second-order valence-electron chi connectivity index (χ2n) is 4.90. The number of carbonyl (C=O) groups excluding carboxylic acids is 1. The van der Waals surface area contributed by atoms with Gasteiger partial charge in [-0.25, -0.2) is 0 Å². The third-order valence-corrected chi connectivity index (χ3v) is 3.64. The maximum atomic E-state index is 12.0. The predicted octanol–water partition coefficient (Wildman–Crippen LogP) is 0.0689. The molecule has 5 heteroatoms. The lowest BCUT2D eigenvalue weighted by molar-refractivity contribution is -0.124. The van der Waals surface area contributed by atoms with E-state index in [2.05, 4.69) is 29.4 Å². The number of nitrogens with zero attached hydrogens (tertiary/aromatic N) is 1. The maximum absolute atomic E-state index is 12.0. The van der Waals surface area contributed by atoms with Crippen molar-refractivity contribution >= 4 is 5.91 Å². The van der Waals surface area contributed by atoms with Gasteiger partial charge in [-0.1, -0.05) is 20.3 Å². The van der Waals surface area contributed by atoms with Gasteiger partial charge in [0.05, 0.1) is 19.3 Å². The largest absolute Gasteiger partial charge is 0.379 e. The van der Waals surface area contributed by atoms with Crippen LogP contribution < -0.4 is 10.6 Å². The number of hydrogen-bond donors (Lipinski definition) is 2. The van der Waals surface area contributed by atoms with Crippen LogP contribution in [0.25, 0.3) is 0 Å². The molecule has 2 atom stereocenters. The molecule has 1 aliphatic rings. The van der Waals surface area contributed by atoms with Gasteiger partial charge in [-0.3, -0.25) is 9.69 Å². The number of rotatable bonds is 7. The van der Waals surface area contributed by atoms with Gasteiger partial charge in [0.25, 0.3) is 0 Å². The quantitative estimate of drug-likeness (QED) is 0.678. The van der Waals surface area contributed by atoms with Crippen molar-refractivity contribution in [1.82, 2.24) is 15.5 Å². The summed E-state index contributed by atoms with van der Waals surface area (Å²) in [6, 6.07) is -0.0836. The van der Waals surface area contributed by atoms with Gasteiger partial charge in [0.1, 0.15) is 0 Å². The Labute approximate surface area is 110 Å². The van der Waals surface area contributed by atoms with Gasteiger partial charge in [-0.15, -0.1) is 0 Å². The Balaban J connectivity index is 2.22. The van der Waals surface area contributed by atoms with Crippen LogP contribution in [0.2, 0.25) is 0 Å². The standard InChI is InChI=1S/C13H27N3O2/c1-4-11(2)12(14-3)13(17)15-5-6-16-7-9-18-10-8-16/h11-12,14H,4-10H2,1-3H3,(H,15,17). The van der Waals surface area contributed by atoms with Gasteiger partial charge in [-0.2, -0.15) is 0 Å². The molecule has 0 spiro atoms. The highest BCUT2D eigenvalue weighted by Gasteiger charge is 2.21. The third kappa shape index (κ3) is 4.92. The lowest BCUT2D eigenvalue weighted by Gasteiger charge is -2.27. The summed E-state index contributed by atoms with van der Waals surface area (Å²) < 4.78 is 5.29. The Morgan fingerprint density at radius 3 is 2.61 bits per heavy atom. The van der Waals surface area contributed by atoms with Crippen molar-refractivity contribution in [3.05, 3.63) is 0 Å². The summed E-state index contributed by atoms with van der Waals surface area (Å²) in [5, 5.41) is 6.11. The minimum Gasteiger partial charge on any atom is -0.379 e. The molecule has 1 amide bonds. The maximum Gasteiger partial charge on any atom is 0.237 e. The molecule has 18 heavy (non-hydrogen) atoms. The Morgan fingerprint density at radius 2 is 2.06 bits per heavy atom. The Bertz CT molecular complexity index is 242. The van der Waals surface area contributed by atoms with Crippen molar-refractivity contribution in [1.29, 1.82) is 0 Å². The highest BCUT2D eigenvalue weighted by molar-refractivity contribution is 5.81. The molecule has 0 aromatic heterocycles. The van der Waals surface area contributed by atoms with Crippen molar-refractivity contribution < 1.29 is 9.53 Å². The van der Waals surface area contributed by atoms with Crippen LogP contribution in [-0.2, 0) is 9.53 Å². The molecular formula is C13H27N3O2. The zero-order valence-electron chi connectivity index (χ0n) is 11.9. The molecule has 0 radical (unpaired) electrons. The topological polar surface area (TPSA) is 53.6 Å². The molecule has 0 bridgehead atoms. The average Bonchev–Trinajstić information content (AvgIpc) is 2.40. The Hall–Kier alpha value is -0.650. The molecule has 2 N–H and O–H groups in total. The van der Waals surface area contributed by atoms with Crippen LogP contribution in [-0.4, -0.2) is 63.3 Å². The predicted molar refractivity (Wildman–Crippen MR) is 72.6 cm³/mol. The van der Waals surface area contributed by atoms with E-state index < -0.39 is 0 Å². The molecule has 0 saturated carbocycles. The van der Waals surface area contributed by atoms with Crippen molar-refractivity contribution in [2.24, 2.45) is 5.92 Å². The van der Waals surface area contributed by atoms with Crippen LogP contribution in [0.1, 0.15) is 20.3 Å². The van der Waals surface area contributed by atoms with Gasteiger partial charge in [-0.05, 0) is 13.0 Å². The fraction of sp³-hybridized carbons (Fsp3) is 0.923. The van der Waals surface area contributed by atoms with E-state index in [9.17, 15) is 4.79 Å². The summed E-state index contributed by atoms with van der Waals surface area (Å²) in [7, 11) is 1.85. The van der Waals surface area contributed by atoms with E-state index in [0.29, 0.717) is 12.5 Å². The smallest absolute Gasteiger partial charge is 0.237 e. The SMILES string of the molecule is CCC(C)C(NC)C(=O)NCCN1CCOCC1. The summed E-state index contributed by atoms with van der Waals surface area (Å²) in [5.74, 6) is 0.471. The average molecular weight is 257 g/mol. The van der Waals surface area contributed by atoms with E-state index >= 15 is 0 Å². The van der Waals surface area contributed by atoms with Gasteiger partial charge in [0, 0.05) is 26.2 Å². The molecule has 1 fully saturated rings. The lowest BCUT2D eigenvalue weighted by atomic mass is 9.99. The minimum absolute atomic E-state index is 0.0836. The van der Waals surface area contributed by atoms with E-state index in [1.54, 1.807) is 0 Å². The van der Waals surface area contributed by atoms with Crippen LogP contribution in [0.4, 0.5) is 0 Å². The molecular weight excluding hydrogens is 230 g/mol. The molecule has 2 unspecified atom stereocenters. The first-order chi connectivity index (χ1) is 8.69. The van der Waals surface area contributed by atoms with Gasteiger partial charge >= 0.3 is 0 Å². The second-order valence-corrected chi connectivity index (χ2v) is 4.90. The molecule has 0 aromatic rings. The lowest BCUT2D eigenvalue weighted by Crippen LogP contribution is -2.49. The molecule has 1 rings (SSSR count). The number of hydrogen-bond acceptors (Lipinski definition) is 4. The van der Waals surface area contributed by atoms with E-state index in [0.717, 1.165) is 39.3 Å². The number of ether oxygens (including phenoxy) is 1. The third-order valence-electron chi connectivity index (χ3n) is 3.64.